The number of hydrogen-bond acceptors (Lipinski definition) is 7. The van der Waals surface area contributed by atoms with E-state index in [9.17, 15) is 9.59 Å². The Morgan fingerprint density at radius 2 is 1.71 bits per heavy atom. The molecule has 0 atom stereocenters. The van der Waals surface area contributed by atoms with Gasteiger partial charge in [0.25, 0.3) is 0 Å². The molecule has 132 valence electrons. The zero-order chi connectivity index (χ0) is 17.9. The summed E-state index contributed by atoms with van der Waals surface area (Å²) in [5, 5.41) is 0. The van der Waals surface area contributed by atoms with Crippen LogP contribution < -0.4 is 10.5 Å². The Labute approximate surface area is 153 Å². The molecule has 24 heavy (non-hydrogen) atoms. The van der Waals surface area contributed by atoms with Crippen LogP contribution >= 0.6 is 25.3 Å². The highest BCUT2D eigenvalue weighted by Crippen LogP contribution is 2.18. The lowest BCUT2D eigenvalue weighted by atomic mass is 10.1. The predicted octanol–water partition coefficient (Wildman–Crippen LogP) is 2.20. The summed E-state index contributed by atoms with van der Waals surface area (Å²) in [6.45, 7) is 2.65. The molecule has 0 saturated carbocycles. The molecule has 5 nitrogen and oxygen atoms in total. The third-order valence-corrected chi connectivity index (χ3v) is 3.91. The maximum atomic E-state index is 12.4. The maximum absolute atomic E-state index is 12.4. The Kier molecular flexibility index (Phi) is 9.59. The first-order valence-electron chi connectivity index (χ1n) is 7.69. The van der Waals surface area contributed by atoms with E-state index in [2.05, 4.69) is 25.3 Å². The number of rotatable bonds is 9. The van der Waals surface area contributed by atoms with E-state index in [1.54, 1.807) is 12.1 Å². The van der Waals surface area contributed by atoms with Gasteiger partial charge in [-0.3, -0.25) is 0 Å². The molecule has 1 aromatic carbocycles. The summed E-state index contributed by atoms with van der Waals surface area (Å²) in [4.78, 5) is 24.6. The zero-order valence-corrected chi connectivity index (χ0v) is 15.4. The van der Waals surface area contributed by atoms with Crippen LogP contribution in [-0.4, -0.2) is 36.6 Å². The van der Waals surface area contributed by atoms with Gasteiger partial charge in [0, 0.05) is 11.5 Å². The molecule has 0 fully saturated rings. The number of esters is 2. The van der Waals surface area contributed by atoms with Crippen molar-refractivity contribution in [3.05, 3.63) is 41.0 Å². The lowest BCUT2D eigenvalue weighted by Gasteiger charge is -2.12. The van der Waals surface area contributed by atoms with Crippen LogP contribution in [0, 0.1) is 0 Å². The molecule has 1 aromatic rings. The summed E-state index contributed by atoms with van der Waals surface area (Å²) in [7, 11) is 0. The molecule has 0 aromatic heterocycles. The van der Waals surface area contributed by atoms with Crippen molar-refractivity contribution in [3.63, 3.8) is 0 Å². The van der Waals surface area contributed by atoms with E-state index in [0.717, 1.165) is 12.0 Å². The summed E-state index contributed by atoms with van der Waals surface area (Å²) in [5.41, 5.74) is 6.87. The van der Waals surface area contributed by atoms with Crippen molar-refractivity contribution >= 4 is 37.2 Å². The van der Waals surface area contributed by atoms with Gasteiger partial charge in [-0.15, -0.1) is 0 Å². The van der Waals surface area contributed by atoms with Gasteiger partial charge in [-0.1, -0.05) is 19.1 Å². The minimum absolute atomic E-state index is 0.139. The molecule has 0 spiro atoms. The normalized spacial score (nSPS) is 10.2. The first-order valence-corrected chi connectivity index (χ1v) is 8.95. The van der Waals surface area contributed by atoms with E-state index >= 15 is 0 Å². The van der Waals surface area contributed by atoms with Gasteiger partial charge in [0.05, 0.1) is 6.61 Å². The van der Waals surface area contributed by atoms with Gasteiger partial charge in [-0.2, -0.15) is 25.3 Å². The van der Waals surface area contributed by atoms with Crippen molar-refractivity contribution in [2.24, 2.45) is 5.73 Å². The highest BCUT2D eigenvalue weighted by Gasteiger charge is 2.25. The standard InChI is InChI=1S/C17H23NO4S2/c1-2-9-21-16(19)15(13(10-23)11-24)17(20)22-14-5-3-12(4-6-14)7-8-18/h3-6,23-24H,2,7-11,18H2,1H3. The topological polar surface area (TPSA) is 78.6 Å². The molecule has 7 heteroatoms. The van der Waals surface area contributed by atoms with Crippen molar-refractivity contribution in [1.29, 1.82) is 0 Å². The Morgan fingerprint density at radius 3 is 2.21 bits per heavy atom. The number of ether oxygens (including phenoxy) is 2. The van der Waals surface area contributed by atoms with Crippen LogP contribution in [0.1, 0.15) is 18.9 Å². The lowest BCUT2D eigenvalue weighted by Crippen LogP contribution is -2.23. The van der Waals surface area contributed by atoms with Crippen molar-refractivity contribution in [3.8, 4) is 5.75 Å². The van der Waals surface area contributed by atoms with Crippen LogP contribution in [0.5, 0.6) is 5.75 Å². The number of benzene rings is 1. The number of hydrogen-bond donors (Lipinski definition) is 3. The lowest BCUT2D eigenvalue weighted by molar-refractivity contribution is -0.143. The van der Waals surface area contributed by atoms with Crippen molar-refractivity contribution in [2.75, 3.05) is 24.7 Å². The van der Waals surface area contributed by atoms with Crippen molar-refractivity contribution < 1.29 is 19.1 Å². The number of carbonyl (C=O) groups is 2. The zero-order valence-electron chi connectivity index (χ0n) is 13.7. The van der Waals surface area contributed by atoms with Gasteiger partial charge in [0.15, 0.2) is 0 Å². The average Bonchev–Trinajstić information content (AvgIpc) is 2.59. The monoisotopic (exact) mass is 369 g/mol. The Balaban J connectivity index is 2.95. The van der Waals surface area contributed by atoms with Crippen LogP contribution in [0.2, 0.25) is 0 Å². The molecule has 0 aliphatic rings. The van der Waals surface area contributed by atoms with Gasteiger partial charge in [0.2, 0.25) is 0 Å². The fourth-order valence-corrected chi connectivity index (χ4v) is 2.61. The van der Waals surface area contributed by atoms with Gasteiger partial charge in [-0.25, -0.2) is 9.59 Å². The fraction of sp³-hybridized carbons (Fsp3) is 0.412. The Bertz CT molecular complexity index is 579. The third kappa shape index (κ3) is 6.22. The van der Waals surface area contributed by atoms with Crippen molar-refractivity contribution in [2.45, 2.75) is 19.8 Å². The summed E-state index contributed by atoms with van der Waals surface area (Å²) in [5.74, 6) is -0.699. The third-order valence-electron chi connectivity index (χ3n) is 3.15. The SMILES string of the molecule is CCCOC(=O)C(C(=O)Oc1ccc(CCN)cc1)=C(CS)CS. The first kappa shape index (κ1) is 20.6. The highest BCUT2D eigenvalue weighted by molar-refractivity contribution is 7.81. The minimum Gasteiger partial charge on any atom is -0.462 e. The molecule has 2 N–H and O–H groups in total. The van der Waals surface area contributed by atoms with Gasteiger partial charge < -0.3 is 15.2 Å². The molecule has 0 saturated heterocycles. The van der Waals surface area contributed by atoms with Gasteiger partial charge >= 0.3 is 11.9 Å². The molecular weight excluding hydrogens is 346 g/mol. The molecule has 0 radical (unpaired) electrons. The Morgan fingerprint density at radius 1 is 1.08 bits per heavy atom. The molecule has 0 aliphatic carbocycles. The molecule has 0 bridgehead atoms. The van der Waals surface area contributed by atoms with Crippen LogP contribution in [-0.2, 0) is 20.7 Å². The summed E-state index contributed by atoms with van der Waals surface area (Å²) in [6.07, 6.45) is 1.40. The van der Waals surface area contributed by atoms with E-state index in [1.807, 2.05) is 19.1 Å². The van der Waals surface area contributed by atoms with Crippen molar-refractivity contribution in [1.82, 2.24) is 0 Å². The summed E-state index contributed by atoms with van der Waals surface area (Å²) >= 11 is 8.29. The predicted molar refractivity (Wildman–Crippen MR) is 101 cm³/mol. The molecule has 0 amide bonds. The second-order valence-electron chi connectivity index (χ2n) is 5.00. The average molecular weight is 370 g/mol. The quantitative estimate of drug-likeness (QED) is 0.155. The van der Waals surface area contributed by atoms with E-state index in [-0.39, 0.29) is 23.7 Å². The van der Waals surface area contributed by atoms with Crippen LogP contribution in [0.4, 0.5) is 0 Å². The molecule has 0 aliphatic heterocycles. The number of thiol groups is 2. The molecule has 0 unspecified atom stereocenters. The second-order valence-corrected chi connectivity index (χ2v) is 5.64. The summed E-state index contributed by atoms with van der Waals surface area (Å²) in [6, 6.07) is 6.98. The Hall–Kier alpha value is -1.44. The van der Waals surface area contributed by atoms with E-state index in [4.69, 9.17) is 15.2 Å². The molecular formula is C17H23NO4S2. The van der Waals surface area contributed by atoms with E-state index in [0.29, 0.717) is 24.3 Å². The number of nitrogens with two attached hydrogens (primary N) is 1. The highest BCUT2D eigenvalue weighted by atomic mass is 32.1. The van der Waals surface area contributed by atoms with E-state index in [1.165, 1.54) is 0 Å². The van der Waals surface area contributed by atoms with Crippen LogP contribution in [0.15, 0.2) is 35.4 Å². The van der Waals surface area contributed by atoms with Gasteiger partial charge in [-0.05, 0) is 42.7 Å². The van der Waals surface area contributed by atoms with Gasteiger partial charge in [0.1, 0.15) is 11.3 Å². The second kappa shape index (κ2) is 11.2. The maximum Gasteiger partial charge on any atom is 0.350 e. The smallest absolute Gasteiger partial charge is 0.350 e. The molecule has 0 heterocycles. The first-order chi connectivity index (χ1) is 11.6. The van der Waals surface area contributed by atoms with E-state index < -0.39 is 11.9 Å². The fourth-order valence-electron chi connectivity index (χ4n) is 1.90. The number of carbonyl (C=O) groups excluding carboxylic acids is 2. The van der Waals surface area contributed by atoms with Crippen LogP contribution in [0.25, 0.3) is 0 Å². The minimum atomic E-state index is -0.763. The summed E-state index contributed by atoms with van der Waals surface area (Å²) < 4.78 is 10.4. The largest absolute Gasteiger partial charge is 0.462 e. The molecule has 1 rings (SSSR count). The van der Waals surface area contributed by atoms with Crippen LogP contribution in [0.3, 0.4) is 0 Å².